The van der Waals surface area contributed by atoms with Gasteiger partial charge in [0.15, 0.2) is 0 Å². The van der Waals surface area contributed by atoms with Gasteiger partial charge in [-0.3, -0.25) is 0 Å². The number of halogens is 1. The predicted molar refractivity (Wildman–Crippen MR) is 67.7 cm³/mol. The first kappa shape index (κ1) is 11.9. The Morgan fingerprint density at radius 1 is 1.41 bits per heavy atom. The smallest absolute Gasteiger partial charge is 0.336 e. The van der Waals surface area contributed by atoms with Crippen molar-refractivity contribution in [3.8, 4) is 5.69 Å². The van der Waals surface area contributed by atoms with E-state index in [1.807, 2.05) is 18.4 Å². The first-order valence-corrected chi connectivity index (χ1v) is 5.83. The maximum absolute atomic E-state index is 10.9. The van der Waals surface area contributed by atoms with Gasteiger partial charge in [-0.05, 0) is 48.0 Å². The molecule has 0 bridgehead atoms. The van der Waals surface area contributed by atoms with Gasteiger partial charge in [-0.1, -0.05) is 0 Å². The number of aryl methyl sites for hydroxylation is 1. The Kier molecular flexibility index (Phi) is 3.02. The molecule has 2 aromatic rings. The molecule has 0 amide bonds. The zero-order valence-corrected chi connectivity index (χ0v) is 11.0. The summed E-state index contributed by atoms with van der Waals surface area (Å²) in [6.07, 6.45) is 1.73. The van der Waals surface area contributed by atoms with Crippen LogP contribution in [0.5, 0.6) is 0 Å². The number of imidazole rings is 1. The van der Waals surface area contributed by atoms with Crippen LogP contribution in [0.3, 0.4) is 0 Å². The van der Waals surface area contributed by atoms with Crippen molar-refractivity contribution >= 4 is 21.9 Å². The molecule has 17 heavy (non-hydrogen) atoms. The summed E-state index contributed by atoms with van der Waals surface area (Å²) < 4.78 is 2.49. The molecule has 0 radical (unpaired) electrons. The molecule has 0 saturated heterocycles. The number of aromatic nitrogens is 2. The monoisotopic (exact) mass is 294 g/mol. The van der Waals surface area contributed by atoms with E-state index in [4.69, 9.17) is 5.11 Å². The lowest BCUT2D eigenvalue weighted by molar-refractivity contribution is 0.0696. The van der Waals surface area contributed by atoms with Crippen molar-refractivity contribution in [3.05, 3.63) is 46.0 Å². The zero-order chi connectivity index (χ0) is 12.6. The number of carboxylic acid groups (broad SMARTS) is 1. The number of nitrogens with zero attached hydrogens (tertiary/aromatic N) is 2. The normalized spacial score (nSPS) is 10.5. The highest BCUT2D eigenvalue weighted by Crippen LogP contribution is 2.22. The van der Waals surface area contributed by atoms with Crippen LogP contribution >= 0.6 is 15.9 Å². The number of aromatic carboxylic acids is 1. The molecular formula is C12H11BrN2O2. The van der Waals surface area contributed by atoms with Crippen LogP contribution < -0.4 is 0 Å². The predicted octanol–water partition coefficient (Wildman–Crippen LogP) is 2.95. The molecular weight excluding hydrogens is 284 g/mol. The Morgan fingerprint density at radius 3 is 2.59 bits per heavy atom. The second-order valence-corrected chi connectivity index (χ2v) is 4.61. The van der Waals surface area contributed by atoms with Crippen LogP contribution in [0.4, 0.5) is 0 Å². The van der Waals surface area contributed by atoms with E-state index in [1.165, 1.54) is 0 Å². The molecule has 0 spiro atoms. The second kappa shape index (κ2) is 4.33. The fourth-order valence-electron chi connectivity index (χ4n) is 1.59. The van der Waals surface area contributed by atoms with Gasteiger partial charge in [0, 0.05) is 15.9 Å². The van der Waals surface area contributed by atoms with Crippen LogP contribution in [0.25, 0.3) is 5.69 Å². The molecule has 0 atom stereocenters. The summed E-state index contributed by atoms with van der Waals surface area (Å²) in [6.45, 7) is 3.91. The maximum atomic E-state index is 10.9. The molecule has 0 aliphatic heterocycles. The van der Waals surface area contributed by atoms with E-state index in [-0.39, 0.29) is 5.56 Å². The molecule has 1 aromatic heterocycles. The van der Waals surface area contributed by atoms with Gasteiger partial charge in [-0.25, -0.2) is 9.78 Å². The number of benzene rings is 1. The minimum absolute atomic E-state index is 0.253. The molecule has 1 aromatic carbocycles. The number of hydrogen-bond donors (Lipinski definition) is 1. The lowest BCUT2D eigenvalue weighted by Crippen LogP contribution is -2.00. The molecule has 2 rings (SSSR count). The standard InChI is InChI=1S/C12H11BrN2O2/c1-7-8(2)15(6-14-7)9-3-4-10(12(16)17)11(13)5-9/h3-6H,1-2H3,(H,16,17). The largest absolute Gasteiger partial charge is 0.478 e. The zero-order valence-electron chi connectivity index (χ0n) is 9.44. The van der Waals surface area contributed by atoms with E-state index < -0.39 is 5.97 Å². The topological polar surface area (TPSA) is 55.1 Å². The molecule has 1 N–H and O–H groups in total. The number of carboxylic acids is 1. The third-order valence-corrected chi connectivity index (χ3v) is 3.37. The van der Waals surface area contributed by atoms with Gasteiger partial charge in [-0.2, -0.15) is 0 Å². The fourth-order valence-corrected chi connectivity index (χ4v) is 2.12. The van der Waals surface area contributed by atoms with Crippen LogP contribution in [-0.4, -0.2) is 20.6 Å². The van der Waals surface area contributed by atoms with Crippen molar-refractivity contribution in [1.82, 2.24) is 9.55 Å². The Balaban J connectivity index is 2.52. The molecule has 0 aliphatic carbocycles. The summed E-state index contributed by atoms with van der Waals surface area (Å²) in [5.41, 5.74) is 3.15. The van der Waals surface area contributed by atoms with Gasteiger partial charge in [0.25, 0.3) is 0 Å². The third-order valence-electron chi connectivity index (χ3n) is 2.71. The van der Waals surface area contributed by atoms with E-state index in [0.29, 0.717) is 4.47 Å². The van der Waals surface area contributed by atoms with Gasteiger partial charge in [0.05, 0.1) is 17.6 Å². The number of carbonyl (C=O) groups is 1. The molecule has 0 aliphatic rings. The van der Waals surface area contributed by atoms with E-state index >= 15 is 0 Å². The second-order valence-electron chi connectivity index (χ2n) is 3.75. The molecule has 4 nitrogen and oxygen atoms in total. The van der Waals surface area contributed by atoms with Gasteiger partial charge in [0.2, 0.25) is 0 Å². The summed E-state index contributed by atoms with van der Waals surface area (Å²) >= 11 is 3.26. The van der Waals surface area contributed by atoms with Crippen molar-refractivity contribution < 1.29 is 9.90 Å². The number of rotatable bonds is 2. The van der Waals surface area contributed by atoms with E-state index in [1.54, 1.807) is 24.5 Å². The summed E-state index contributed by atoms with van der Waals surface area (Å²) in [5, 5.41) is 8.94. The van der Waals surface area contributed by atoms with E-state index in [0.717, 1.165) is 17.1 Å². The molecule has 88 valence electrons. The van der Waals surface area contributed by atoms with Crippen LogP contribution in [0.15, 0.2) is 29.0 Å². The molecule has 0 fully saturated rings. The Morgan fingerprint density at radius 2 is 2.12 bits per heavy atom. The lowest BCUT2D eigenvalue weighted by atomic mass is 10.2. The van der Waals surface area contributed by atoms with Gasteiger partial charge < -0.3 is 9.67 Å². The summed E-state index contributed by atoms with van der Waals surface area (Å²) in [4.78, 5) is 15.1. The minimum atomic E-state index is -0.943. The Bertz CT molecular complexity index is 590. The average molecular weight is 295 g/mol. The van der Waals surface area contributed by atoms with E-state index in [9.17, 15) is 4.79 Å². The van der Waals surface area contributed by atoms with E-state index in [2.05, 4.69) is 20.9 Å². The Labute approximate surface area is 107 Å². The first-order valence-electron chi connectivity index (χ1n) is 5.04. The summed E-state index contributed by atoms with van der Waals surface area (Å²) in [6, 6.07) is 5.12. The van der Waals surface area contributed by atoms with Crippen LogP contribution in [-0.2, 0) is 0 Å². The summed E-state index contributed by atoms with van der Waals surface area (Å²) in [5.74, 6) is -0.943. The van der Waals surface area contributed by atoms with Crippen LogP contribution in [0.1, 0.15) is 21.7 Å². The molecule has 5 heteroatoms. The van der Waals surface area contributed by atoms with Gasteiger partial charge in [0.1, 0.15) is 0 Å². The van der Waals surface area contributed by atoms with Crippen LogP contribution in [0, 0.1) is 13.8 Å². The minimum Gasteiger partial charge on any atom is -0.478 e. The van der Waals surface area contributed by atoms with Crippen molar-refractivity contribution in [2.75, 3.05) is 0 Å². The highest BCUT2D eigenvalue weighted by Gasteiger charge is 2.10. The fraction of sp³-hybridized carbons (Fsp3) is 0.167. The SMILES string of the molecule is Cc1ncn(-c2ccc(C(=O)O)c(Br)c2)c1C. The van der Waals surface area contributed by atoms with Crippen molar-refractivity contribution in [3.63, 3.8) is 0 Å². The summed E-state index contributed by atoms with van der Waals surface area (Å²) in [7, 11) is 0. The number of hydrogen-bond acceptors (Lipinski definition) is 2. The maximum Gasteiger partial charge on any atom is 0.336 e. The van der Waals surface area contributed by atoms with Crippen LogP contribution in [0.2, 0.25) is 0 Å². The average Bonchev–Trinajstić information content (AvgIpc) is 2.59. The highest BCUT2D eigenvalue weighted by atomic mass is 79.9. The van der Waals surface area contributed by atoms with Crippen molar-refractivity contribution in [2.24, 2.45) is 0 Å². The van der Waals surface area contributed by atoms with Crippen molar-refractivity contribution in [2.45, 2.75) is 13.8 Å². The lowest BCUT2D eigenvalue weighted by Gasteiger charge is -2.07. The first-order chi connectivity index (χ1) is 8.00. The van der Waals surface area contributed by atoms with Gasteiger partial charge >= 0.3 is 5.97 Å². The molecule has 1 heterocycles. The molecule has 0 saturated carbocycles. The Hall–Kier alpha value is -1.62. The molecule has 0 unspecified atom stereocenters. The van der Waals surface area contributed by atoms with Crippen molar-refractivity contribution in [1.29, 1.82) is 0 Å². The third kappa shape index (κ3) is 2.10. The quantitative estimate of drug-likeness (QED) is 0.926. The highest BCUT2D eigenvalue weighted by molar-refractivity contribution is 9.10. The van der Waals surface area contributed by atoms with Gasteiger partial charge in [-0.15, -0.1) is 0 Å².